The van der Waals surface area contributed by atoms with Gasteiger partial charge in [0.2, 0.25) is 0 Å². The summed E-state index contributed by atoms with van der Waals surface area (Å²) in [6, 6.07) is 8.31. The van der Waals surface area contributed by atoms with Crippen molar-refractivity contribution in [3.8, 4) is 11.5 Å². The van der Waals surface area contributed by atoms with Crippen LogP contribution in [0.1, 0.15) is 17.7 Å². The molecule has 0 saturated carbocycles. The van der Waals surface area contributed by atoms with Gasteiger partial charge in [-0.1, -0.05) is 6.07 Å². The molecule has 2 aromatic rings. The maximum absolute atomic E-state index is 9.60. The van der Waals surface area contributed by atoms with Crippen LogP contribution in [0.4, 0.5) is 0 Å². The highest BCUT2D eigenvalue weighted by Gasteiger charge is 2.01. The fraction of sp³-hybridized carbons (Fsp3) is 0.333. The Kier molecular flexibility index (Phi) is 5.46. The summed E-state index contributed by atoms with van der Waals surface area (Å²) in [4.78, 5) is 0. The first-order chi connectivity index (χ1) is 9.75. The summed E-state index contributed by atoms with van der Waals surface area (Å²) in [6.45, 7) is 2.49. The molecule has 0 amide bonds. The number of hydrogen-bond donors (Lipinski definition) is 3. The Bertz CT molecular complexity index is 511. The van der Waals surface area contributed by atoms with Crippen LogP contribution in [0.5, 0.6) is 11.5 Å². The number of phenols is 2. The van der Waals surface area contributed by atoms with E-state index in [9.17, 15) is 10.2 Å². The lowest BCUT2D eigenvalue weighted by molar-refractivity contribution is 0.104. The first-order valence-corrected chi connectivity index (χ1v) is 6.57. The van der Waals surface area contributed by atoms with E-state index in [2.05, 4.69) is 5.32 Å². The average molecular weight is 277 g/mol. The Morgan fingerprint density at radius 1 is 1.20 bits per heavy atom. The van der Waals surface area contributed by atoms with E-state index in [0.717, 1.165) is 24.3 Å². The van der Waals surface area contributed by atoms with Gasteiger partial charge < -0.3 is 24.7 Å². The highest BCUT2D eigenvalue weighted by atomic mass is 16.5. The smallest absolute Gasteiger partial charge is 0.129 e. The summed E-state index contributed by atoms with van der Waals surface area (Å²) >= 11 is 0. The number of benzene rings is 1. The molecule has 1 aromatic carbocycles. The van der Waals surface area contributed by atoms with Crippen molar-refractivity contribution in [2.24, 2.45) is 0 Å². The van der Waals surface area contributed by atoms with Gasteiger partial charge >= 0.3 is 0 Å². The Balaban J connectivity index is 1.55. The van der Waals surface area contributed by atoms with Crippen LogP contribution in [0.25, 0.3) is 0 Å². The number of nitrogens with one attached hydrogen (secondary N) is 1. The standard InChI is InChI=1S/C15H19NO4/c17-13-5-4-12(15(18)9-13)10-16-6-2-7-19-11-14-3-1-8-20-14/h1,3-5,8-9,16-18H,2,6-7,10-11H2. The number of aromatic hydroxyl groups is 2. The van der Waals surface area contributed by atoms with Crippen LogP contribution in [0.3, 0.4) is 0 Å². The van der Waals surface area contributed by atoms with Crippen molar-refractivity contribution < 1.29 is 19.4 Å². The number of ether oxygens (including phenoxy) is 1. The molecule has 0 radical (unpaired) electrons. The van der Waals surface area contributed by atoms with Gasteiger partial charge in [-0.2, -0.15) is 0 Å². The molecular weight excluding hydrogens is 258 g/mol. The molecule has 0 aliphatic rings. The highest BCUT2D eigenvalue weighted by Crippen LogP contribution is 2.22. The van der Waals surface area contributed by atoms with Gasteiger partial charge in [0.1, 0.15) is 23.9 Å². The molecule has 0 aliphatic heterocycles. The maximum Gasteiger partial charge on any atom is 0.129 e. The molecule has 5 nitrogen and oxygen atoms in total. The second-order valence-corrected chi connectivity index (χ2v) is 4.48. The van der Waals surface area contributed by atoms with E-state index >= 15 is 0 Å². The Labute approximate surface area is 117 Å². The third kappa shape index (κ3) is 4.60. The van der Waals surface area contributed by atoms with Crippen LogP contribution in [-0.2, 0) is 17.9 Å². The van der Waals surface area contributed by atoms with Crippen molar-refractivity contribution in [1.29, 1.82) is 0 Å². The fourth-order valence-electron chi connectivity index (χ4n) is 1.79. The first-order valence-electron chi connectivity index (χ1n) is 6.57. The third-order valence-electron chi connectivity index (χ3n) is 2.85. The summed E-state index contributed by atoms with van der Waals surface area (Å²) in [5.41, 5.74) is 0.763. The van der Waals surface area contributed by atoms with Gasteiger partial charge in [0, 0.05) is 24.8 Å². The van der Waals surface area contributed by atoms with Gasteiger partial charge in [-0.3, -0.25) is 0 Å². The lowest BCUT2D eigenvalue weighted by Gasteiger charge is -2.07. The highest BCUT2D eigenvalue weighted by molar-refractivity contribution is 5.38. The normalized spacial score (nSPS) is 10.8. The van der Waals surface area contributed by atoms with Gasteiger partial charge in [-0.05, 0) is 31.2 Å². The van der Waals surface area contributed by atoms with Gasteiger partial charge in [0.25, 0.3) is 0 Å². The second-order valence-electron chi connectivity index (χ2n) is 4.48. The molecule has 1 heterocycles. The van der Waals surface area contributed by atoms with E-state index in [1.807, 2.05) is 12.1 Å². The summed E-state index contributed by atoms with van der Waals surface area (Å²) in [5, 5.41) is 22.0. The van der Waals surface area contributed by atoms with Crippen LogP contribution in [0, 0.1) is 0 Å². The van der Waals surface area contributed by atoms with Gasteiger partial charge in [-0.25, -0.2) is 0 Å². The van der Waals surface area contributed by atoms with Crippen LogP contribution >= 0.6 is 0 Å². The summed E-state index contributed by atoms with van der Waals surface area (Å²) in [6.07, 6.45) is 2.50. The molecule has 108 valence electrons. The van der Waals surface area contributed by atoms with Crippen molar-refractivity contribution in [1.82, 2.24) is 5.32 Å². The SMILES string of the molecule is Oc1ccc(CNCCCOCc2ccco2)c(O)c1. The fourth-order valence-corrected chi connectivity index (χ4v) is 1.79. The van der Waals surface area contributed by atoms with Crippen molar-refractivity contribution in [2.75, 3.05) is 13.2 Å². The zero-order chi connectivity index (χ0) is 14.2. The number of rotatable bonds is 8. The van der Waals surface area contributed by atoms with Crippen molar-refractivity contribution in [3.05, 3.63) is 47.9 Å². The largest absolute Gasteiger partial charge is 0.508 e. The van der Waals surface area contributed by atoms with E-state index in [4.69, 9.17) is 9.15 Å². The molecule has 2 rings (SSSR count). The minimum absolute atomic E-state index is 0.0672. The van der Waals surface area contributed by atoms with E-state index < -0.39 is 0 Å². The molecule has 3 N–H and O–H groups in total. The second kappa shape index (κ2) is 7.57. The van der Waals surface area contributed by atoms with Crippen molar-refractivity contribution in [2.45, 2.75) is 19.6 Å². The topological polar surface area (TPSA) is 74.9 Å². The molecule has 0 saturated heterocycles. The minimum atomic E-state index is 0.0672. The zero-order valence-corrected chi connectivity index (χ0v) is 11.2. The van der Waals surface area contributed by atoms with Gasteiger partial charge in [0.05, 0.1) is 6.26 Å². The number of phenolic OH excluding ortho intramolecular Hbond substituents is 2. The molecule has 0 fully saturated rings. The van der Waals surface area contributed by atoms with Crippen molar-refractivity contribution in [3.63, 3.8) is 0 Å². The monoisotopic (exact) mass is 277 g/mol. The average Bonchev–Trinajstić information content (AvgIpc) is 2.93. The third-order valence-corrected chi connectivity index (χ3v) is 2.85. The van der Waals surface area contributed by atoms with Crippen LogP contribution in [-0.4, -0.2) is 23.4 Å². The Hall–Kier alpha value is -1.98. The molecule has 0 bridgehead atoms. The first kappa shape index (κ1) is 14.4. The molecule has 5 heteroatoms. The number of furan rings is 1. The Morgan fingerprint density at radius 2 is 2.10 bits per heavy atom. The number of hydrogen-bond acceptors (Lipinski definition) is 5. The van der Waals surface area contributed by atoms with Crippen LogP contribution in [0.15, 0.2) is 41.0 Å². The van der Waals surface area contributed by atoms with E-state index in [0.29, 0.717) is 19.8 Å². The van der Waals surface area contributed by atoms with Gasteiger partial charge in [-0.15, -0.1) is 0 Å². The quantitative estimate of drug-likeness (QED) is 0.646. The van der Waals surface area contributed by atoms with E-state index in [-0.39, 0.29) is 11.5 Å². The predicted octanol–water partition coefficient (Wildman–Crippen LogP) is 2.39. The molecular formula is C15H19NO4. The summed E-state index contributed by atoms with van der Waals surface area (Å²) < 4.78 is 10.6. The minimum Gasteiger partial charge on any atom is -0.508 e. The predicted molar refractivity (Wildman–Crippen MR) is 74.5 cm³/mol. The molecule has 1 aromatic heterocycles. The van der Waals surface area contributed by atoms with E-state index in [1.165, 1.54) is 6.07 Å². The zero-order valence-electron chi connectivity index (χ0n) is 11.2. The van der Waals surface area contributed by atoms with E-state index in [1.54, 1.807) is 18.4 Å². The Morgan fingerprint density at radius 3 is 2.85 bits per heavy atom. The molecule has 0 aliphatic carbocycles. The van der Waals surface area contributed by atoms with Crippen LogP contribution in [0.2, 0.25) is 0 Å². The summed E-state index contributed by atoms with van der Waals surface area (Å²) in [7, 11) is 0. The molecule has 20 heavy (non-hydrogen) atoms. The lowest BCUT2D eigenvalue weighted by Crippen LogP contribution is -2.16. The van der Waals surface area contributed by atoms with Crippen LogP contribution < -0.4 is 5.32 Å². The van der Waals surface area contributed by atoms with Crippen molar-refractivity contribution >= 4 is 0 Å². The molecule has 0 atom stereocenters. The lowest BCUT2D eigenvalue weighted by atomic mass is 10.2. The molecule has 0 unspecified atom stereocenters. The van der Waals surface area contributed by atoms with Gasteiger partial charge in [0.15, 0.2) is 0 Å². The molecule has 0 spiro atoms. The summed E-state index contributed by atoms with van der Waals surface area (Å²) in [5.74, 6) is 0.996. The maximum atomic E-state index is 9.60.